The number of nitrogens with one attached hydrogen (secondary N) is 2. The van der Waals surface area contributed by atoms with E-state index < -0.39 is 11.4 Å². The molecule has 7 heterocycles. The van der Waals surface area contributed by atoms with E-state index in [0.29, 0.717) is 65.1 Å². The smallest absolute Gasteiger partial charge is 0.309 e. The molecule has 2 atom stereocenters. The Hall–Kier alpha value is -6.04. The maximum atomic E-state index is 13.6. The second-order valence-electron chi connectivity index (χ2n) is 17.3. The van der Waals surface area contributed by atoms with Crippen LogP contribution in [0.3, 0.4) is 0 Å². The number of fused-ring (bicyclic) bond motifs is 8. The molecule has 0 spiro atoms. The number of aliphatic carboxylic acids is 1. The van der Waals surface area contributed by atoms with Crippen LogP contribution in [-0.2, 0) is 53.1 Å². The number of carbonyl (C=O) groups excluding carboxylic acids is 1. The van der Waals surface area contributed by atoms with Gasteiger partial charge in [0.15, 0.2) is 0 Å². The molecule has 11 rings (SSSR count). The highest BCUT2D eigenvalue weighted by atomic mass is 32.1. The molecule has 3 N–H and O–H groups in total. The fourth-order valence-electron chi connectivity index (χ4n) is 10.0. The number of nitrogens with zero attached hydrogens (tertiary/aromatic N) is 7. The number of ether oxygens (including phenoxy) is 3. The number of methoxy groups -OCH3 is 2. The van der Waals surface area contributed by atoms with Crippen molar-refractivity contribution >= 4 is 90.4 Å². The molecule has 336 valence electrons. The van der Waals surface area contributed by atoms with E-state index in [2.05, 4.69) is 53.5 Å². The van der Waals surface area contributed by atoms with Crippen molar-refractivity contribution in [2.45, 2.75) is 78.3 Å². The van der Waals surface area contributed by atoms with Crippen molar-refractivity contribution in [2.24, 2.45) is 20.8 Å². The number of amides is 1. The third-order valence-corrected chi connectivity index (χ3v) is 16.3. The Morgan fingerprint density at radius 3 is 1.71 bits per heavy atom. The number of aliphatic imine (C=N–C) groups is 2. The third kappa shape index (κ3) is 7.66. The maximum Gasteiger partial charge on any atom is 0.309 e. The highest BCUT2D eigenvalue weighted by molar-refractivity contribution is 7.19. The van der Waals surface area contributed by atoms with Crippen molar-refractivity contribution in [1.29, 1.82) is 0 Å². The molecule has 0 radical (unpaired) electrons. The van der Waals surface area contributed by atoms with Crippen LogP contribution in [0.1, 0.15) is 82.7 Å². The summed E-state index contributed by atoms with van der Waals surface area (Å²) < 4.78 is 16.7. The molecule has 0 unspecified atom stereocenters. The topological polar surface area (TPSA) is 186 Å². The van der Waals surface area contributed by atoms with Crippen molar-refractivity contribution in [3.05, 3.63) is 80.1 Å². The van der Waals surface area contributed by atoms with Gasteiger partial charge in [0.1, 0.15) is 45.5 Å². The number of carboxylic acid groups (broad SMARTS) is 1. The van der Waals surface area contributed by atoms with E-state index in [1.807, 2.05) is 42.5 Å². The fourth-order valence-corrected chi connectivity index (χ4v) is 12.7. The lowest BCUT2D eigenvalue weighted by molar-refractivity contribution is -0.150. The minimum absolute atomic E-state index is 0.278. The molecule has 15 nitrogen and oxygen atoms in total. The number of hydrogen-bond acceptors (Lipinski definition) is 15. The Labute approximate surface area is 384 Å². The van der Waals surface area contributed by atoms with E-state index in [1.165, 1.54) is 16.0 Å². The second-order valence-corrected chi connectivity index (χ2v) is 19.5. The van der Waals surface area contributed by atoms with Gasteiger partial charge in [0.25, 0.3) is 0 Å². The number of hydrogen-bond donors (Lipinski definition) is 3. The Bertz CT molecular complexity index is 2920. The molecule has 3 aliphatic heterocycles. The molecule has 2 aliphatic carbocycles. The van der Waals surface area contributed by atoms with Gasteiger partial charge >= 0.3 is 5.97 Å². The predicted molar refractivity (Wildman–Crippen MR) is 255 cm³/mol. The number of rotatable bonds is 10. The van der Waals surface area contributed by atoms with Gasteiger partial charge < -0.3 is 34.9 Å². The normalized spacial score (nSPS) is 20.4. The van der Waals surface area contributed by atoms with Crippen molar-refractivity contribution in [3.63, 3.8) is 0 Å². The molecule has 4 aromatic heterocycles. The van der Waals surface area contributed by atoms with Crippen molar-refractivity contribution in [2.75, 3.05) is 51.2 Å². The van der Waals surface area contributed by atoms with Crippen LogP contribution in [0.5, 0.6) is 11.5 Å². The standard InChI is InChI=1S/C26H29N5O3S.C22H22N4O3S/c1-3-26(25(32)31-6-8-34-9-7-31)5-4-18-21(12-26)35-24-22(18)23(28-15-29-24)30-19-10-16-13-27-14-17(16)11-20(19)33-2;1-3-22(21(27)28)5-4-14-17(8-22)30-20-18(14)19(24-11-25-20)26-15-6-12-9-23-10-13(12)7-16(15)29-2/h10-11,13,15H,3-9,12,14H2,1-2H3,(H,28,29,30);6-7,9,11H,3-5,8,10H2,1-2H3,(H,27,28)(H,24,25,26)/t26-;22-/m00/s1. The average Bonchev–Trinajstić information content (AvgIpc) is 4.15. The van der Waals surface area contributed by atoms with Crippen molar-refractivity contribution in [1.82, 2.24) is 24.8 Å². The monoisotopic (exact) mass is 913 g/mol. The Morgan fingerprint density at radius 1 is 0.738 bits per heavy atom. The number of morpholine rings is 1. The third-order valence-electron chi connectivity index (χ3n) is 14.0. The molecule has 6 aromatic rings. The summed E-state index contributed by atoms with van der Waals surface area (Å²) in [7, 11) is 3.33. The van der Waals surface area contributed by atoms with E-state index >= 15 is 0 Å². The van der Waals surface area contributed by atoms with Crippen LogP contribution in [0.25, 0.3) is 20.4 Å². The van der Waals surface area contributed by atoms with E-state index in [4.69, 9.17) is 14.2 Å². The van der Waals surface area contributed by atoms with Crippen LogP contribution in [-0.4, -0.2) is 94.8 Å². The molecule has 0 bridgehead atoms. The zero-order valence-corrected chi connectivity index (χ0v) is 38.6. The number of thiophene rings is 2. The maximum absolute atomic E-state index is 13.6. The highest BCUT2D eigenvalue weighted by Gasteiger charge is 2.44. The average molecular weight is 914 g/mol. The predicted octanol–water partition coefficient (Wildman–Crippen LogP) is 8.47. The van der Waals surface area contributed by atoms with Crippen molar-refractivity contribution in [3.8, 4) is 11.5 Å². The first-order chi connectivity index (χ1) is 31.7. The molecule has 1 saturated heterocycles. The summed E-state index contributed by atoms with van der Waals surface area (Å²) in [6.45, 7) is 8.09. The molecule has 2 aromatic carbocycles. The fraction of sp³-hybridized carbons (Fsp3) is 0.417. The van der Waals surface area contributed by atoms with Crippen LogP contribution in [0.4, 0.5) is 23.0 Å². The quantitative estimate of drug-likeness (QED) is 0.119. The van der Waals surface area contributed by atoms with E-state index in [1.54, 1.807) is 49.5 Å². The lowest BCUT2D eigenvalue weighted by atomic mass is 9.71. The second kappa shape index (κ2) is 17.4. The Kier molecular flexibility index (Phi) is 11.5. The van der Waals surface area contributed by atoms with Gasteiger partial charge in [0, 0.05) is 35.3 Å². The molecule has 0 saturated carbocycles. The number of aryl methyl sites for hydroxylation is 2. The molecule has 65 heavy (non-hydrogen) atoms. The van der Waals surface area contributed by atoms with Gasteiger partial charge in [0.2, 0.25) is 5.91 Å². The van der Waals surface area contributed by atoms with Gasteiger partial charge in [-0.15, -0.1) is 22.7 Å². The Balaban J connectivity index is 0.000000155. The summed E-state index contributed by atoms with van der Waals surface area (Å²) in [5, 5.41) is 18.8. The summed E-state index contributed by atoms with van der Waals surface area (Å²) in [5.74, 6) is 2.59. The number of carboxylic acids is 1. The molecule has 1 fully saturated rings. The summed E-state index contributed by atoms with van der Waals surface area (Å²) in [6.07, 6.45) is 12.7. The SMILES string of the molecule is CC[C@]1(C(=O)N2CCOCC2)CCc2c(sc3ncnc(Nc4cc5c(cc4OC)CN=C5)c23)C1.CC[C@]1(C(=O)O)CCc2c(sc3ncnc(Nc4cc5c(cc4OC)CN=C5)c23)C1. The van der Waals surface area contributed by atoms with E-state index in [0.717, 1.165) is 108 Å². The lowest BCUT2D eigenvalue weighted by Crippen LogP contribution is -2.50. The molecular weight excluding hydrogens is 863 g/mol. The first kappa shape index (κ1) is 42.9. The zero-order chi connectivity index (χ0) is 44.9. The van der Waals surface area contributed by atoms with Gasteiger partial charge in [-0.05, 0) is 109 Å². The van der Waals surface area contributed by atoms with E-state index in [-0.39, 0.29) is 11.3 Å². The molecule has 5 aliphatic rings. The van der Waals surface area contributed by atoms with Crippen LogP contribution in [0.2, 0.25) is 0 Å². The number of aromatic nitrogens is 4. The minimum Gasteiger partial charge on any atom is -0.495 e. The minimum atomic E-state index is -0.706. The number of carbonyl (C=O) groups is 2. The van der Waals surface area contributed by atoms with Crippen LogP contribution < -0.4 is 20.1 Å². The zero-order valence-electron chi connectivity index (χ0n) is 37.0. The van der Waals surface area contributed by atoms with Gasteiger partial charge in [-0.1, -0.05) is 13.8 Å². The largest absolute Gasteiger partial charge is 0.495 e. The van der Waals surface area contributed by atoms with Crippen LogP contribution in [0.15, 0.2) is 46.9 Å². The van der Waals surface area contributed by atoms with Gasteiger partial charge in [-0.25, -0.2) is 19.9 Å². The van der Waals surface area contributed by atoms with Crippen LogP contribution in [0, 0.1) is 10.8 Å². The lowest BCUT2D eigenvalue weighted by Gasteiger charge is -2.40. The summed E-state index contributed by atoms with van der Waals surface area (Å²) in [4.78, 5) is 58.7. The van der Waals surface area contributed by atoms with Crippen molar-refractivity contribution < 1.29 is 28.9 Å². The summed E-state index contributed by atoms with van der Waals surface area (Å²) in [6, 6.07) is 8.15. The van der Waals surface area contributed by atoms with Crippen LogP contribution >= 0.6 is 22.7 Å². The molecule has 1 amide bonds. The molecule has 17 heteroatoms. The highest BCUT2D eigenvalue weighted by Crippen LogP contribution is 2.49. The van der Waals surface area contributed by atoms with Gasteiger partial charge in [-0.3, -0.25) is 19.6 Å². The number of anilines is 4. The Morgan fingerprint density at radius 2 is 1.23 bits per heavy atom. The van der Waals surface area contributed by atoms with Gasteiger partial charge in [0.05, 0.1) is 73.5 Å². The summed E-state index contributed by atoms with van der Waals surface area (Å²) >= 11 is 3.28. The van der Waals surface area contributed by atoms with E-state index in [9.17, 15) is 14.7 Å². The summed E-state index contributed by atoms with van der Waals surface area (Å²) in [5.41, 5.74) is 7.57. The first-order valence-electron chi connectivity index (χ1n) is 22.2. The molecular formula is C48H51N9O6S2. The number of benzene rings is 2. The first-order valence-corrected chi connectivity index (χ1v) is 23.9. The van der Waals surface area contributed by atoms with Gasteiger partial charge in [-0.2, -0.15) is 0 Å².